The SMILES string of the molecule is C[C@H](CCC(=O)O)NC(=O)NCCCS. The van der Waals surface area contributed by atoms with Gasteiger partial charge in [0, 0.05) is 19.0 Å². The predicted molar refractivity (Wildman–Crippen MR) is 61.3 cm³/mol. The Balaban J connectivity index is 3.53. The van der Waals surface area contributed by atoms with Gasteiger partial charge in [-0.15, -0.1) is 0 Å². The maximum Gasteiger partial charge on any atom is 0.314 e. The second kappa shape index (κ2) is 8.40. The van der Waals surface area contributed by atoms with Crippen LogP contribution in [0.15, 0.2) is 0 Å². The Bertz CT molecular complexity index is 212. The zero-order chi connectivity index (χ0) is 11.7. The summed E-state index contributed by atoms with van der Waals surface area (Å²) < 4.78 is 0. The third-order valence-electron chi connectivity index (χ3n) is 1.79. The molecular formula is C9H18N2O3S. The lowest BCUT2D eigenvalue weighted by Crippen LogP contribution is -2.41. The van der Waals surface area contributed by atoms with Crippen LogP contribution < -0.4 is 10.6 Å². The van der Waals surface area contributed by atoms with Gasteiger partial charge in [-0.1, -0.05) is 0 Å². The van der Waals surface area contributed by atoms with E-state index in [1.165, 1.54) is 0 Å². The summed E-state index contributed by atoms with van der Waals surface area (Å²) in [6, 6.07) is -0.383. The van der Waals surface area contributed by atoms with Gasteiger partial charge in [-0.25, -0.2) is 4.79 Å². The molecule has 0 aromatic carbocycles. The third-order valence-corrected chi connectivity index (χ3v) is 2.11. The monoisotopic (exact) mass is 234 g/mol. The molecule has 6 heteroatoms. The summed E-state index contributed by atoms with van der Waals surface area (Å²) in [5, 5.41) is 13.7. The van der Waals surface area contributed by atoms with Crippen LogP contribution in [-0.4, -0.2) is 35.4 Å². The summed E-state index contributed by atoms with van der Waals surface area (Å²) in [6.45, 7) is 2.36. The summed E-state index contributed by atoms with van der Waals surface area (Å²) in [5.74, 6) is -0.117. The maximum absolute atomic E-state index is 11.2. The van der Waals surface area contributed by atoms with Crippen molar-refractivity contribution in [3.63, 3.8) is 0 Å². The van der Waals surface area contributed by atoms with Crippen LogP contribution in [0.1, 0.15) is 26.2 Å². The van der Waals surface area contributed by atoms with E-state index in [0.717, 1.165) is 12.2 Å². The number of rotatable bonds is 7. The molecule has 0 bridgehead atoms. The van der Waals surface area contributed by atoms with E-state index in [1.54, 1.807) is 6.92 Å². The van der Waals surface area contributed by atoms with Crippen molar-refractivity contribution < 1.29 is 14.7 Å². The number of hydrogen-bond acceptors (Lipinski definition) is 3. The standard InChI is InChI=1S/C9H18N2O3S/c1-7(3-4-8(12)13)11-9(14)10-5-2-6-15/h7,15H,2-6H2,1H3,(H,12,13)(H2,10,11,14)/t7-/m1/s1. The van der Waals surface area contributed by atoms with Crippen LogP contribution >= 0.6 is 12.6 Å². The van der Waals surface area contributed by atoms with Crippen molar-refractivity contribution in [2.45, 2.75) is 32.2 Å². The van der Waals surface area contributed by atoms with Crippen LogP contribution in [0.2, 0.25) is 0 Å². The summed E-state index contributed by atoms with van der Waals surface area (Å²) in [5.41, 5.74) is 0. The maximum atomic E-state index is 11.2. The highest BCUT2D eigenvalue weighted by atomic mass is 32.1. The van der Waals surface area contributed by atoms with Crippen LogP contribution in [-0.2, 0) is 4.79 Å². The van der Waals surface area contributed by atoms with Crippen LogP contribution in [0.3, 0.4) is 0 Å². The van der Waals surface area contributed by atoms with E-state index >= 15 is 0 Å². The van der Waals surface area contributed by atoms with Crippen LogP contribution in [0.4, 0.5) is 4.79 Å². The van der Waals surface area contributed by atoms with Crippen molar-refractivity contribution in [1.82, 2.24) is 10.6 Å². The molecule has 0 fully saturated rings. The van der Waals surface area contributed by atoms with Crippen molar-refractivity contribution in [2.75, 3.05) is 12.3 Å². The molecule has 1 atom stereocenters. The first-order chi connectivity index (χ1) is 7.06. The molecule has 3 N–H and O–H groups in total. The fourth-order valence-electron chi connectivity index (χ4n) is 0.968. The predicted octanol–water partition coefficient (Wildman–Crippen LogP) is 0.859. The molecule has 0 aliphatic heterocycles. The first-order valence-electron chi connectivity index (χ1n) is 4.93. The number of urea groups is 1. The molecule has 2 amide bonds. The zero-order valence-corrected chi connectivity index (χ0v) is 9.72. The minimum absolute atomic E-state index is 0.0675. The molecule has 0 rings (SSSR count). The number of carboxylic acid groups (broad SMARTS) is 1. The van der Waals surface area contributed by atoms with E-state index in [-0.39, 0.29) is 18.5 Å². The highest BCUT2D eigenvalue weighted by Gasteiger charge is 2.07. The second-order valence-electron chi connectivity index (χ2n) is 3.31. The molecule has 5 nitrogen and oxygen atoms in total. The van der Waals surface area contributed by atoms with Gasteiger partial charge in [0.05, 0.1) is 0 Å². The van der Waals surface area contributed by atoms with E-state index in [0.29, 0.717) is 13.0 Å². The van der Waals surface area contributed by atoms with Crippen LogP contribution in [0, 0.1) is 0 Å². The van der Waals surface area contributed by atoms with Crippen LogP contribution in [0.5, 0.6) is 0 Å². The number of carboxylic acids is 1. The van der Waals surface area contributed by atoms with Crippen molar-refractivity contribution in [1.29, 1.82) is 0 Å². The fourth-order valence-corrected chi connectivity index (χ4v) is 1.13. The minimum atomic E-state index is -0.848. The van der Waals surface area contributed by atoms with Crippen molar-refractivity contribution >= 4 is 24.6 Å². The van der Waals surface area contributed by atoms with E-state index < -0.39 is 5.97 Å². The Morgan fingerprint density at radius 3 is 2.67 bits per heavy atom. The third kappa shape index (κ3) is 9.40. The highest BCUT2D eigenvalue weighted by molar-refractivity contribution is 7.80. The molecule has 0 aliphatic carbocycles. The van der Waals surface area contributed by atoms with E-state index in [4.69, 9.17) is 5.11 Å². The van der Waals surface area contributed by atoms with Gasteiger partial charge in [-0.3, -0.25) is 4.79 Å². The van der Waals surface area contributed by atoms with Gasteiger partial charge in [-0.05, 0) is 25.5 Å². The Hall–Kier alpha value is -0.910. The van der Waals surface area contributed by atoms with E-state index in [2.05, 4.69) is 23.3 Å². The van der Waals surface area contributed by atoms with E-state index in [1.807, 2.05) is 0 Å². The number of aliphatic carboxylic acids is 1. The lowest BCUT2D eigenvalue weighted by Gasteiger charge is -2.13. The number of carbonyl (C=O) groups is 2. The average molecular weight is 234 g/mol. The highest BCUT2D eigenvalue weighted by Crippen LogP contribution is 1.95. The molecule has 0 heterocycles. The van der Waals surface area contributed by atoms with Gasteiger partial charge >= 0.3 is 12.0 Å². The normalized spacial score (nSPS) is 11.9. The van der Waals surface area contributed by atoms with Gasteiger partial charge in [0.2, 0.25) is 0 Å². The molecule has 0 aromatic rings. The quantitative estimate of drug-likeness (QED) is 0.390. The molecule has 0 aromatic heterocycles. The molecule has 15 heavy (non-hydrogen) atoms. The molecule has 0 aliphatic rings. The van der Waals surface area contributed by atoms with Crippen molar-refractivity contribution in [3.05, 3.63) is 0 Å². The Morgan fingerprint density at radius 1 is 1.47 bits per heavy atom. The van der Waals surface area contributed by atoms with Gasteiger partial charge in [0.25, 0.3) is 0 Å². The minimum Gasteiger partial charge on any atom is -0.481 e. The Kier molecular flexibility index (Phi) is 7.89. The summed E-state index contributed by atoms with van der Waals surface area (Å²) in [6.07, 6.45) is 1.33. The smallest absolute Gasteiger partial charge is 0.314 e. The number of amides is 2. The molecule has 0 spiro atoms. The number of hydrogen-bond donors (Lipinski definition) is 4. The van der Waals surface area contributed by atoms with Crippen molar-refractivity contribution in [2.24, 2.45) is 0 Å². The van der Waals surface area contributed by atoms with Crippen molar-refractivity contribution in [3.8, 4) is 0 Å². The fraction of sp³-hybridized carbons (Fsp3) is 0.778. The molecule has 88 valence electrons. The Labute approximate surface area is 95.0 Å². The molecule has 0 saturated heterocycles. The van der Waals surface area contributed by atoms with Gasteiger partial charge in [-0.2, -0.15) is 12.6 Å². The summed E-state index contributed by atoms with van der Waals surface area (Å²) in [4.78, 5) is 21.4. The van der Waals surface area contributed by atoms with Gasteiger partial charge < -0.3 is 15.7 Å². The Morgan fingerprint density at radius 2 is 2.13 bits per heavy atom. The topological polar surface area (TPSA) is 78.4 Å². The molecule has 0 unspecified atom stereocenters. The zero-order valence-electron chi connectivity index (χ0n) is 8.82. The molecular weight excluding hydrogens is 216 g/mol. The largest absolute Gasteiger partial charge is 0.481 e. The summed E-state index contributed by atoms with van der Waals surface area (Å²) in [7, 11) is 0. The lowest BCUT2D eigenvalue weighted by molar-refractivity contribution is -0.137. The molecule has 0 saturated carbocycles. The van der Waals surface area contributed by atoms with Crippen LogP contribution in [0.25, 0.3) is 0 Å². The first-order valence-corrected chi connectivity index (χ1v) is 5.56. The van der Waals surface area contributed by atoms with E-state index in [9.17, 15) is 9.59 Å². The lowest BCUT2D eigenvalue weighted by atomic mass is 10.2. The van der Waals surface area contributed by atoms with Gasteiger partial charge in [0.15, 0.2) is 0 Å². The number of nitrogens with one attached hydrogen (secondary N) is 2. The second-order valence-corrected chi connectivity index (χ2v) is 3.76. The number of thiol groups is 1. The first kappa shape index (κ1) is 14.1. The molecule has 0 radical (unpaired) electrons. The summed E-state index contributed by atoms with van der Waals surface area (Å²) >= 11 is 4.01. The van der Waals surface area contributed by atoms with Gasteiger partial charge in [0.1, 0.15) is 0 Å². The number of carbonyl (C=O) groups excluding carboxylic acids is 1. The average Bonchev–Trinajstić information content (AvgIpc) is 2.15.